The summed E-state index contributed by atoms with van der Waals surface area (Å²) < 4.78 is 0. The van der Waals surface area contributed by atoms with Gasteiger partial charge in [-0.15, -0.1) is 0 Å². The van der Waals surface area contributed by atoms with E-state index in [0.717, 1.165) is 0 Å². The molecule has 0 radical (unpaired) electrons. The van der Waals surface area contributed by atoms with Crippen molar-refractivity contribution in [3.05, 3.63) is 0 Å². The average molecular weight is 316 g/mol. The zero-order valence-electron chi connectivity index (χ0n) is 12.1. The summed E-state index contributed by atoms with van der Waals surface area (Å²) in [6, 6.07) is -0.838. The third kappa shape index (κ3) is 4.11. The highest BCUT2D eigenvalue weighted by molar-refractivity contribution is 7.80. The summed E-state index contributed by atoms with van der Waals surface area (Å²) in [5.41, 5.74) is 2.54. The van der Waals surface area contributed by atoms with Crippen LogP contribution in [0.4, 0.5) is 0 Å². The third-order valence-corrected chi connectivity index (χ3v) is 3.50. The smallest absolute Gasteiger partial charge is 0.254 e. The summed E-state index contributed by atoms with van der Waals surface area (Å²) in [6.07, 6.45) is 0.340. The molecule has 1 unspecified atom stereocenters. The van der Waals surface area contributed by atoms with Crippen molar-refractivity contribution in [3.63, 3.8) is 0 Å². The van der Waals surface area contributed by atoms with Crippen LogP contribution in [0.25, 0.3) is 0 Å². The molecular formula is C12H20N4O4S. The predicted octanol–water partition coefficient (Wildman–Crippen LogP) is -1.26. The Morgan fingerprint density at radius 3 is 2.57 bits per heavy atom. The standard InChI is InChI=1S/C12H20N4O4S/c1-3-15-11(20)8(7-10(19)13-2)16(12(15)21)14-9(18)5-4-6-17/h8,17H,3-7H2,1-2H3,(H,13,19)(H,14,18). The minimum absolute atomic E-state index is 0.0910. The fraction of sp³-hybridized carbons (Fsp3) is 0.667. The fourth-order valence-corrected chi connectivity index (χ4v) is 2.34. The van der Waals surface area contributed by atoms with Crippen LogP contribution in [-0.2, 0) is 14.4 Å². The van der Waals surface area contributed by atoms with Crippen molar-refractivity contribution in [2.45, 2.75) is 32.2 Å². The van der Waals surface area contributed by atoms with Crippen molar-refractivity contribution < 1.29 is 19.5 Å². The van der Waals surface area contributed by atoms with E-state index in [2.05, 4.69) is 10.7 Å². The first kappa shape index (κ1) is 17.3. The summed E-state index contributed by atoms with van der Waals surface area (Å²) in [5.74, 6) is -0.990. The van der Waals surface area contributed by atoms with Crippen LogP contribution in [0.2, 0.25) is 0 Å². The fourth-order valence-electron chi connectivity index (χ4n) is 1.95. The Morgan fingerprint density at radius 1 is 1.38 bits per heavy atom. The van der Waals surface area contributed by atoms with E-state index in [1.807, 2.05) is 0 Å². The number of nitrogens with zero attached hydrogens (tertiary/aromatic N) is 2. The minimum Gasteiger partial charge on any atom is -0.396 e. The third-order valence-electron chi connectivity index (χ3n) is 3.08. The first-order valence-corrected chi connectivity index (χ1v) is 7.12. The highest BCUT2D eigenvalue weighted by Gasteiger charge is 2.43. The number of hydrazine groups is 1. The number of thiocarbonyl (C=S) groups is 1. The lowest BCUT2D eigenvalue weighted by Gasteiger charge is -2.24. The van der Waals surface area contributed by atoms with Gasteiger partial charge < -0.3 is 10.4 Å². The van der Waals surface area contributed by atoms with Crippen molar-refractivity contribution in [1.29, 1.82) is 0 Å². The molecule has 21 heavy (non-hydrogen) atoms. The van der Waals surface area contributed by atoms with Crippen LogP contribution in [0.15, 0.2) is 0 Å². The van der Waals surface area contributed by atoms with Crippen molar-refractivity contribution in [2.75, 3.05) is 20.2 Å². The summed E-state index contributed by atoms with van der Waals surface area (Å²) in [4.78, 5) is 36.8. The van der Waals surface area contributed by atoms with Crippen LogP contribution in [-0.4, -0.2) is 64.1 Å². The maximum Gasteiger partial charge on any atom is 0.254 e. The van der Waals surface area contributed by atoms with Crippen molar-refractivity contribution in [2.24, 2.45) is 0 Å². The van der Waals surface area contributed by atoms with Gasteiger partial charge in [-0.25, -0.2) is 5.01 Å². The van der Waals surface area contributed by atoms with E-state index in [1.165, 1.54) is 17.0 Å². The Hall–Kier alpha value is -1.74. The lowest BCUT2D eigenvalue weighted by Crippen LogP contribution is -2.50. The maximum absolute atomic E-state index is 12.2. The number of nitrogens with one attached hydrogen (secondary N) is 2. The molecule has 0 aromatic heterocycles. The number of carbonyl (C=O) groups excluding carboxylic acids is 3. The number of carbonyl (C=O) groups is 3. The van der Waals surface area contributed by atoms with E-state index < -0.39 is 6.04 Å². The van der Waals surface area contributed by atoms with Gasteiger partial charge in [0.2, 0.25) is 11.8 Å². The highest BCUT2D eigenvalue weighted by atomic mass is 32.1. The predicted molar refractivity (Wildman–Crippen MR) is 78.8 cm³/mol. The molecule has 1 atom stereocenters. The van der Waals surface area contributed by atoms with Gasteiger partial charge in [-0.3, -0.25) is 24.7 Å². The van der Waals surface area contributed by atoms with E-state index in [0.29, 0.717) is 13.0 Å². The van der Waals surface area contributed by atoms with Crippen LogP contribution in [0.1, 0.15) is 26.2 Å². The summed E-state index contributed by atoms with van der Waals surface area (Å²) in [7, 11) is 1.47. The largest absolute Gasteiger partial charge is 0.396 e. The molecule has 0 saturated carbocycles. The van der Waals surface area contributed by atoms with Gasteiger partial charge >= 0.3 is 0 Å². The van der Waals surface area contributed by atoms with Gasteiger partial charge in [-0.1, -0.05) is 0 Å². The van der Waals surface area contributed by atoms with Gasteiger partial charge in [-0.05, 0) is 25.6 Å². The topological polar surface area (TPSA) is 102 Å². The summed E-state index contributed by atoms with van der Waals surface area (Å²) in [6.45, 7) is 2.03. The highest BCUT2D eigenvalue weighted by Crippen LogP contribution is 2.18. The first-order valence-electron chi connectivity index (χ1n) is 6.71. The van der Waals surface area contributed by atoms with Crippen molar-refractivity contribution in [1.82, 2.24) is 20.7 Å². The van der Waals surface area contributed by atoms with Gasteiger partial charge in [0.25, 0.3) is 5.91 Å². The molecule has 1 saturated heterocycles. The summed E-state index contributed by atoms with van der Waals surface area (Å²) >= 11 is 5.17. The van der Waals surface area contributed by atoms with Crippen molar-refractivity contribution >= 4 is 35.1 Å². The normalized spacial score (nSPS) is 18.1. The van der Waals surface area contributed by atoms with Crippen LogP contribution >= 0.6 is 12.2 Å². The molecule has 1 aliphatic rings. The molecule has 3 amide bonds. The Balaban J connectivity index is 2.84. The number of hydrogen-bond donors (Lipinski definition) is 3. The molecule has 9 heteroatoms. The maximum atomic E-state index is 12.2. The van der Waals surface area contributed by atoms with E-state index >= 15 is 0 Å². The molecular weight excluding hydrogens is 296 g/mol. The monoisotopic (exact) mass is 316 g/mol. The summed E-state index contributed by atoms with van der Waals surface area (Å²) in [5, 5.41) is 12.6. The van der Waals surface area contributed by atoms with E-state index in [-0.39, 0.29) is 42.3 Å². The van der Waals surface area contributed by atoms with E-state index in [1.54, 1.807) is 6.92 Å². The lowest BCUT2D eigenvalue weighted by molar-refractivity contribution is -0.133. The second kappa shape index (κ2) is 7.89. The molecule has 8 nitrogen and oxygen atoms in total. The Labute approximate surface area is 128 Å². The molecule has 0 bridgehead atoms. The van der Waals surface area contributed by atoms with Gasteiger partial charge in [0.05, 0.1) is 6.42 Å². The Bertz CT molecular complexity index is 443. The van der Waals surface area contributed by atoms with Crippen LogP contribution < -0.4 is 10.7 Å². The number of aliphatic hydroxyl groups excluding tert-OH is 1. The number of likely N-dealkylation sites (N-methyl/N-ethyl adjacent to an activating group) is 1. The van der Waals surface area contributed by atoms with Gasteiger partial charge in [0.1, 0.15) is 6.04 Å². The molecule has 1 aliphatic heterocycles. The molecule has 0 spiro atoms. The first-order chi connectivity index (χ1) is 9.96. The van der Waals surface area contributed by atoms with E-state index in [4.69, 9.17) is 17.3 Å². The second-order valence-corrected chi connectivity index (χ2v) is 4.86. The quantitative estimate of drug-likeness (QED) is 0.507. The van der Waals surface area contributed by atoms with Crippen LogP contribution in [0.5, 0.6) is 0 Å². The minimum atomic E-state index is -0.838. The molecule has 118 valence electrons. The SMILES string of the molecule is CCN1C(=O)C(CC(=O)NC)N(NC(=O)CCCO)C1=S. The second-order valence-electron chi connectivity index (χ2n) is 4.49. The average Bonchev–Trinajstić information content (AvgIpc) is 2.68. The molecule has 1 rings (SSSR count). The molecule has 1 heterocycles. The molecule has 0 aromatic carbocycles. The molecule has 3 N–H and O–H groups in total. The molecule has 1 fully saturated rings. The Kier molecular flexibility index (Phi) is 6.50. The van der Waals surface area contributed by atoms with Crippen LogP contribution in [0, 0.1) is 0 Å². The number of amides is 3. The van der Waals surface area contributed by atoms with Gasteiger partial charge in [-0.2, -0.15) is 0 Å². The number of hydrogen-bond acceptors (Lipinski definition) is 5. The van der Waals surface area contributed by atoms with Gasteiger partial charge in [0.15, 0.2) is 5.11 Å². The number of aliphatic hydroxyl groups is 1. The zero-order chi connectivity index (χ0) is 16.0. The van der Waals surface area contributed by atoms with Crippen molar-refractivity contribution in [3.8, 4) is 0 Å². The van der Waals surface area contributed by atoms with Gasteiger partial charge in [0, 0.05) is 26.6 Å². The number of rotatable bonds is 7. The lowest BCUT2D eigenvalue weighted by atomic mass is 10.2. The van der Waals surface area contributed by atoms with E-state index in [9.17, 15) is 14.4 Å². The molecule has 0 aliphatic carbocycles. The Morgan fingerprint density at radius 2 is 2.05 bits per heavy atom. The zero-order valence-corrected chi connectivity index (χ0v) is 12.9. The van der Waals surface area contributed by atoms with Crippen LogP contribution in [0.3, 0.4) is 0 Å². The molecule has 0 aromatic rings.